The van der Waals surface area contributed by atoms with Gasteiger partial charge in [0.25, 0.3) is 0 Å². The van der Waals surface area contributed by atoms with Crippen molar-refractivity contribution in [3.05, 3.63) is 11.4 Å². The topological polar surface area (TPSA) is 59.3 Å². The molecular formula is C6H10NO3P. The molecule has 62 valence electrons. The standard InChI is InChI=1S/C6H10NO3P/c1-6(4-7)5-11(8,9-2)10-3/h5H,1-3H3/b6-5-. The third-order valence-electron chi connectivity index (χ3n) is 1.04. The van der Waals surface area contributed by atoms with Gasteiger partial charge in [0, 0.05) is 25.6 Å². The summed E-state index contributed by atoms with van der Waals surface area (Å²) in [6.07, 6.45) is 0. The van der Waals surface area contributed by atoms with Crippen LogP contribution in [0.2, 0.25) is 0 Å². The van der Waals surface area contributed by atoms with Gasteiger partial charge in [-0.1, -0.05) is 0 Å². The molecule has 0 aliphatic heterocycles. The molecule has 0 heterocycles. The molecule has 0 saturated heterocycles. The second kappa shape index (κ2) is 4.30. The van der Waals surface area contributed by atoms with Gasteiger partial charge in [0.05, 0.1) is 6.07 Å². The van der Waals surface area contributed by atoms with Crippen molar-refractivity contribution in [3.63, 3.8) is 0 Å². The van der Waals surface area contributed by atoms with Crippen LogP contribution in [0.15, 0.2) is 11.4 Å². The quantitative estimate of drug-likeness (QED) is 0.485. The van der Waals surface area contributed by atoms with Gasteiger partial charge >= 0.3 is 7.60 Å². The predicted molar refractivity (Wildman–Crippen MR) is 41.0 cm³/mol. The van der Waals surface area contributed by atoms with E-state index in [1.165, 1.54) is 27.0 Å². The van der Waals surface area contributed by atoms with Crippen LogP contribution in [0.4, 0.5) is 0 Å². The minimum absolute atomic E-state index is 0.317. The summed E-state index contributed by atoms with van der Waals surface area (Å²) in [5.41, 5.74) is 0.317. The van der Waals surface area contributed by atoms with Gasteiger partial charge in [-0.05, 0) is 6.92 Å². The van der Waals surface area contributed by atoms with E-state index in [1.54, 1.807) is 0 Å². The molecule has 0 unspecified atom stereocenters. The minimum atomic E-state index is -3.14. The highest BCUT2D eigenvalue weighted by Crippen LogP contribution is 2.48. The van der Waals surface area contributed by atoms with Gasteiger partial charge in [0.1, 0.15) is 0 Å². The van der Waals surface area contributed by atoms with Crippen molar-refractivity contribution in [2.24, 2.45) is 0 Å². The Morgan fingerprint density at radius 2 is 2.00 bits per heavy atom. The highest BCUT2D eigenvalue weighted by Gasteiger charge is 2.16. The minimum Gasteiger partial charge on any atom is -0.309 e. The lowest BCUT2D eigenvalue weighted by Gasteiger charge is -2.07. The number of allylic oxidation sites excluding steroid dienone is 1. The second-order valence-electron chi connectivity index (χ2n) is 1.83. The lowest BCUT2D eigenvalue weighted by atomic mass is 10.4. The first-order chi connectivity index (χ1) is 5.08. The Morgan fingerprint density at radius 3 is 2.27 bits per heavy atom. The Kier molecular flexibility index (Phi) is 4.06. The zero-order valence-electron chi connectivity index (χ0n) is 6.70. The summed E-state index contributed by atoms with van der Waals surface area (Å²) in [6.45, 7) is 1.53. The van der Waals surface area contributed by atoms with E-state index in [-0.39, 0.29) is 0 Å². The van der Waals surface area contributed by atoms with Crippen molar-refractivity contribution in [2.45, 2.75) is 6.92 Å². The van der Waals surface area contributed by atoms with Crippen LogP contribution in [-0.4, -0.2) is 14.2 Å². The van der Waals surface area contributed by atoms with Crippen LogP contribution >= 0.6 is 7.60 Å². The number of hydrogen-bond donors (Lipinski definition) is 0. The highest BCUT2D eigenvalue weighted by molar-refractivity contribution is 7.57. The molecule has 0 rings (SSSR count). The van der Waals surface area contributed by atoms with Crippen LogP contribution in [-0.2, 0) is 13.6 Å². The van der Waals surface area contributed by atoms with Gasteiger partial charge in [-0.3, -0.25) is 4.57 Å². The van der Waals surface area contributed by atoms with E-state index in [4.69, 9.17) is 5.26 Å². The molecule has 0 N–H and O–H groups in total. The van der Waals surface area contributed by atoms with Crippen LogP contribution in [0.25, 0.3) is 0 Å². The van der Waals surface area contributed by atoms with Gasteiger partial charge < -0.3 is 9.05 Å². The summed E-state index contributed by atoms with van der Waals surface area (Å²) in [7, 11) is -0.600. The first kappa shape index (κ1) is 10.4. The smallest absolute Gasteiger partial charge is 0.309 e. The molecular weight excluding hydrogens is 165 g/mol. The zero-order valence-corrected chi connectivity index (χ0v) is 7.59. The first-order valence-corrected chi connectivity index (χ1v) is 4.50. The predicted octanol–water partition coefficient (Wildman–Crippen LogP) is 1.90. The maximum atomic E-state index is 11.2. The Balaban J connectivity index is 4.59. The molecule has 0 fully saturated rings. The number of nitrogens with zero attached hydrogens (tertiary/aromatic N) is 1. The van der Waals surface area contributed by atoms with Crippen LogP contribution in [0.3, 0.4) is 0 Å². The van der Waals surface area contributed by atoms with Crippen molar-refractivity contribution in [3.8, 4) is 6.07 Å². The van der Waals surface area contributed by atoms with Crippen molar-refractivity contribution in [1.82, 2.24) is 0 Å². The number of rotatable bonds is 3. The van der Waals surface area contributed by atoms with Crippen molar-refractivity contribution < 1.29 is 13.6 Å². The largest absolute Gasteiger partial charge is 0.354 e. The molecule has 0 aromatic heterocycles. The van der Waals surface area contributed by atoms with Gasteiger partial charge in [-0.25, -0.2) is 0 Å². The molecule has 0 aromatic rings. The van der Waals surface area contributed by atoms with Crippen molar-refractivity contribution in [2.75, 3.05) is 14.2 Å². The summed E-state index contributed by atoms with van der Waals surface area (Å²) in [5, 5.41) is 8.34. The molecule has 0 aliphatic rings. The fourth-order valence-electron chi connectivity index (χ4n) is 0.446. The molecule has 0 aromatic carbocycles. The number of hydrogen-bond acceptors (Lipinski definition) is 4. The molecule has 11 heavy (non-hydrogen) atoms. The highest BCUT2D eigenvalue weighted by atomic mass is 31.2. The summed E-state index contributed by atoms with van der Waals surface area (Å²) in [5.74, 6) is 1.19. The van der Waals surface area contributed by atoms with E-state index in [1.807, 2.05) is 6.07 Å². The van der Waals surface area contributed by atoms with E-state index < -0.39 is 7.60 Å². The zero-order chi connectivity index (χ0) is 8.91. The first-order valence-electron chi connectivity index (χ1n) is 2.88. The maximum absolute atomic E-state index is 11.2. The summed E-state index contributed by atoms with van der Waals surface area (Å²) < 4.78 is 20.4. The lowest BCUT2D eigenvalue weighted by Crippen LogP contribution is -1.84. The van der Waals surface area contributed by atoms with Crippen molar-refractivity contribution in [1.29, 1.82) is 5.26 Å². The third-order valence-corrected chi connectivity index (χ3v) is 2.76. The summed E-state index contributed by atoms with van der Waals surface area (Å²) in [6, 6.07) is 1.82. The average molecular weight is 175 g/mol. The van der Waals surface area contributed by atoms with Gasteiger partial charge in [0.15, 0.2) is 0 Å². The van der Waals surface area contributed by atoms with Crippen LogP contribution < -0.4 is 0 Å². The lowest BCUT2D eigenvalue weighted by molar-refractivity contribution is 0.286. The summed E-state index contributed by atoms with van der Waals surface area (Å²) in [4.78, 5) is 0. The van der Waals surface area contributed by atoms with E-state index in [9.17, 15) is 4.57 Å². The maximum Gasteiger partial charge on any atom is 0.354 e. The van der Waals surface area contributed by atoms with Crippen molar-refractivity contribution >= 4 is 7.60 Å². The fraction of sp³-hybridized carbons (Fsp3) is 0.500. The molecule has 0 radical (unpaired) electrons. The third kappa shape index (κ3) is 3.33. The van der Waals surface area contributed by atoms with Crippen LogP contribution in [0.1, 0.15) is 6.92 Å². The monoisotopic (exact) mass is 175 g/mol. The van der Waals surface area contributed by atoms with E-state index in [0.717, 1.165) is 0 Å². The van der Waals surface area contributed by atoms with E-state index in [0.29, 0.717) is 5.57 Å². The number of nitriles is 1. The molecule has 0 spiro atoms. The molecule has 5 heteroatoms. The Labute approximate surface area is 66.0 Å². The average Bonchev–Trinajstić information content (AvgIpc) is 2.04. The van der Waals surface area contributed by atoms with Gasteiger partial charge in [-0.2, -0.15) is 5.26 Å². The van der Waals surface area contributed by atoms with Crippen LogP contribution in [0.5, 0.6) is 0 Å². The van der Waals surface area contributed by atoms with Crippen LogP contribution in [0, 0.1) is 11.3 Å². The van der Waals surface area contributed by atoms with Gasteiger partial charge in [0.2, 0.25) is 0 Å². The molecule has 0 saturated carbocycles. The Hall–Kier alpha value is -0.620. The molecule has 0 bridgehead atoms. The SMILES string of the molecule is COP(=O)(/C=C(/C)C#N)OC. The Morgan fingerprint density at radius 1 is 1.55 bits per heavy atom. The second-order valence-corrected chi connectivity index (χ2v) is 3.90. The molecule has 0 aliphatic carbocycles. The molecule has 0 atom stereocenters. The van der Waals surface area contributed by atoms with Gasteiger partial charge in [-0.15, -0.1) is 0 Å². The van der Waals surface area contributed by atoms with E-state index >= 15 is 0 Å². The summed E-state index contributed by atoms with van der Waals surface area (Å²) >= 11 is 0. The molecule has 0 amide bonds. The Bertz CT molecular complexity index is 233. The fourth-order valence-corrected chi connectivity index (χ4v) is 1.34. The molecule has 4 nitrogen and oxygen atoms in total. The van der Waals surface area contributed by atoms with E-state index in [2.05, 4.69) is 9.05 Å². The normalized spacial score (nSPS) is 12.7.